The van der Waals surface area contributed by atoms with E-state index in [0.717, 1.165) is 0 Å². The maximum atomic E-state index is 12.0. The highest BCUT2D eigenvalue weighted by molar-refractivity contribution is 5.42. The topological polar surface area (TPSA) is 90.4 Å². The molecule has 24 heavy (non-hydrogen) atoms. The molecule has 3 aromatic heterocycles. The number of aromatic nitrogens is 6. The normalized spacial score (nSPS) is 11.0. The molecule has 0 N–H and O–H groups in total. The number of nitrogens with zero attached hydrogens (tertiary/aromatic N) is 7. The van der Waals surface area contributed by atoms with Crippen molar-refractivity contribution in [3.63, 3.8) is 0 Å². The van der Waals surface area contributed by atoms with Gasteiger partial charge in [0.2, 0.25) is 11.5 Å². The zero-order chi connectivity index (χ0) is 17.3. The number of rotatable bonds is 5. The van der Waals surface area contributed by atoms with E-state index in [4.69, 9.17) is 4.74 Å². The van der Waals surface area contributed by atoms with Crippen molar-refractivity contribution >= 4 is 11.5 Å². The number of aryl methyl sites for hydroxylation is 2. The maximum absolute atomic E-state index is 12.0. The Balaban J connectivity index is 1.91. The van der Waals surface area contributed by atoms with Crippen molar-refractivity contribution in [1.82, 2.24) is 29.1 Å². The third-order valence-electron chi connectivity index (χ3n) is 3.58. The Bertz CT molecular complexity index is 931. The fraction of sp³-hybridized carbons (Fsp3) is 0.400. The minimum atomic E-state index is -0.185. The van der Waals surface area contributed by atoms with Crippen LogP contribution in [0.1, 0.15) is 18.6 Å². The Labute approximate surface area is 138 Å². The van der Waals surface area contributed by atoms with Gasteiger partial charge in [-0.15, -0.1) is 10.2 Å². The molecule has 9 heteroatoms. The number of ether oxygens (including phenoxy) is 1. The highest BCUT2D eigenvalue weighted by Gasteiger charge is 2.14. The first kappa shape index (κ1) is 15.9. The lowest BCUT2D eigenvalue weighted by Crippen LogP contribution is -2.22. The molecular weight excluding hydrogens is 310 g/mol. The van der Waals surface area contributed by atoms with Gasteiger partial charge in [-0.2, -0.15) is 4.98 Å². The molecule has 0 aliphatic rings. The first-order valence-electron chi connectivity index (χ1n) is 7.58. The van der Waals surface area contributed by atoms with E-state index < -0.39 is 0 Å². The highest BCUT2D eigenvalue weighted by atomic mass is 16.5. The minimum absolute atomic E-state index is 0.185. The van der Waals surface area contributed by atoms with E-state index in [9.17, 15) is 4.79 Å². The van der Waals surface area contributed by atoms with Gasteiger partial charge in [0.25, 0.3) is 5.56 Å². The van der Waals surface area contributed by atoms with Gasteiger partial charge >= 0.3 is 0 Å². The Hall–Kier alpha value is -2.97. The molecule has 0 spiro atoms. The number of hydrogen-bond acceptors (Lipinski definition) is 7. The number of anilines is 1. The van der Waals surface area contributed by atoms with E-state index in [0.29, 0.717) is 42.1 Å². The van der Waals surface area contributed by atoms with Crippen LogP contribution in [0, 0.1) is 6.92 Å². The monoisotopic (exact) mass is 329 g/mol. The summed E-state index contributed by atoms with van der Waals surface area (Å²) in [5.41, 5.74) is 0.118. The predicted octanol–water partition coefficient (Wildman–Crippen LogP) is 0.562. The average Bonchev–Trinajstić information content (AvgIpc) is 2.94. The molecule has 3 aromatic rings. The number of hydrogen-bond donors (Lipinski definition) is 0. The maximum Gasteiger partial charge on any atom is 0.295 e. The molecule has 0 aliphatic carbocycles. The Morgan fingerprint density at radius 1 is 1.25 bits per heavy atom. The standard InChI is InChI=1S/C15H19N7O2/c1-5-24-13-8-11(16-10(2)17-13)21(4)9-12-18-19-14-15(23)20(3)6-7-22(12)14/h6-8H,5,9H2,1-4H3. The van der Waals surface area contributed by atoms with E-state index >= 15 is 0 Å². The Morgan fingerprint density at radius 3 is 2.79 bits per heavy atom. The molecule has 0 amide bonds. The summed E-state index contributed by atoms with van der Waals surface area (Å²) >= 11 is 0. The van der Waals surface area contributed by atoms with E-state index in [2.05, 4.69) is 20.2 Å². The van der Waals surface area contributed by atoms with Crippen molar-refractivity contribution in [1.29, 1.82) is 0 Å². The Morgan fingerprint density at radius 2 is 2.04 bits per heavy atom. The van der Waals surface area contributed by atoms with Crippen LogP contribution in [0.25, 0.3) is 5.65 Å². The molecule has 0 aromatic carbocycles. The van der Waals surface area contributed by atoms with Gasteiger partial charge in [0.1, 0.15) is 11.6 Å². The first-order chi connectivity index (χ1) is 11.5. The van der Waals surface area contributed by atoms with Crippen LogP contribution in [0.3, 0.4) is 0 Å². The summed E-state index contributed by atoms with van der Waals surface area (Å²) in [6.45, 7) is 4.70. The van der Waals surface area contributed by atoms with Crippen molar-refractivity contribution in [3.8, 4) is 5.88 Å². The summed E-state index contributed by atoms with van der Waals surface area (Å²) < 4.78 is 8.62. The molecule has 9 nitrogen and oxygen atoms in total. The molecule has 0 atom stereocenters. The summed E-state index contributed by atoms with van der Waals surface area (Å²) in [6, 6.07) is 1.78. The average molecular weight is 329 g/mol. The summed E-state index contributed by atoms with van der Waals surface area (Å²) in [7, 11) is 3.57. The van der Waals surface area contributed by atoms with Gasteiger partial charge in [0, 0.05) is 32.6 Å². The van der Waals surface area contributed by atoms with Gasteiger partial charge < -0.3 is 14.2 Å². The van der Waals surface area contributed by atoms with Crippen molar-refractivity contribution in [2.24, 2.45) is 7.05 Å². The zero-order valence-electron chi connectivity index (χ0n) is 14.1. The molecule has 0 fully saturated rings. The molecule has 0 radical (unpaired) electrons. The van der Waals surface area contributed by atoms with Gasteiger partial charge in [-0.3, -0.25) is 9.20 Å². The smallest absolute Gasteiger partial charge is 0.295 e. The minimum Gasteiger partial charge on any atom is -0.478 e. The summed E-state index contributed by atoms with van der Waals surface area (Å²) in [5, 5.41) is 8.11. The first-order valence-corrected chi connectivity index (χ1v) is 7.58. The third-order valence-corrected chi connectivity index (χ3v) is 3.58. The molecular formula is C15H19N7O2. The molecule has 3 heterocycles. The second kappa shape index (κ2) is 6.26. The van der Waals surface area contributed by atoms with Crippen molar-refractivity contribution < 1.29 is 4.74 Å². The third kappa shape index (κ3) is 2.92. The lowest BCUT2D eigenvalue weighted by molar-refractivity contribution is 0.325. The second-order valence-electron chi connectivity index (χ2n) is 5.42. The highest BCUT2D eigenvalue weighted by Crippen LogP contribution is 2.18. The quantitative estimate of drug-likeness (QED) is 0.675. The van der Waals surface area contributed by atoms with Gasteiger partial charge in [0.15, 0.2) is 5.82 Å². The van der Waals surface area contributed by atoms with Crippen LogP contribution in [-0.4, -0.2) is 42.8 Å². The van der Waals surface area contributed by atoms with Crippen molar-refractivity contribution in [2.75, 3.05) is 18.6 Å². The van der Waals surface area contributed by atoms with E-state index in [1.807, 2.05) is 25.8 Å². The largest absolute Gasteiger partial charge is 0.478 e. The van der Waals surface area contributed by atoms with Gasteiger partial charge in [-0.1, -0.05) is 0 Å². The molecule has 126 valence electrons. The van der Waals surface area contributed by atoms with E-state index in [1.165, 1.54) is 4.57 Å². The van der Waals surface area contributed by atoms with E-state index in [1.54, 1.807) is 29.9 Å². The predicted molar refractivity (Wildman–Crippen MR) is 88.3 cm³/mol. The summed E-state index contributed by atoms with van der Waals surface area (Å²) in [6.07, 6.45) is 3.46. The zero-order valence-corrected chi connectivity index (χ0v) is 14.1. The van der Waals surface area contributed by atoms with Crippen LogP contribution in [0.15, 0.2) is 23.3 Å². The van der Waals surface area contributed by atoms with Crippen LogP contribution in [0.5, 0.6) is 5.88 Å². The van der Waals surface area contributed by atoms with Gasteiger partial charge in [-0.25, -0.2) is 4.98 Å². The van der Waals surface area contributed by atoms with Crippen molar-refractivity contribution in [2.45, 2.75) is 20.4 Å². The fourth-order valence-electron chi connectivity index (χ4n) is 2.36. The molecule has 0 saturated heterocycles. The van der Waals surface area contributed by atoms with Crippen molar-refractivity contribution in [3.05, 3.63) is 40.5 Å². The summed E-state index contributed by atoms with van der Waals surface area (Å²) in [4.78, 5) is 22.6. The van der Waals surface area contributed by atoms with Crippen LogP contribution in [0.2, 0.25) is 0 Å². The molecule has 0 saturated carbocycles. The van der Waals surface area contributed by atoms with Crippen LogP contribution < -0.4 is 15.2 Å². The molecule has 0 aliphatic heterocycles. The van der Waals surface area contributed by atoms with Gasteiger partial charge in [0.05, 0.1) is 13.2 Å². The number of fused-ring (bicyclic) bond motifs is 1. The van der Waals surface area contributed by atoms with E-state index in [-0.39, 0.29) is 5.56 Å². The van der Waals surface area contributed by atoms with Crippen LogP contribution in [0.4, 0.5) is 5.82 Å². The van der Waals surface area contributed by atoms with Crippen LogP contribution >= 0.6 is 0 Å². The molecule has 3 rings (SSSR count). The lowest BCUT2D eigenvalue weighted by Gasteiger charge is -2.18. The SMILES string of the molecule is CCOc1cc(N(C)Cc2nnc3c(=O)n(C)ccn23)nc(C)n1. The Kier molecular flexibility index (Phi) is 4.15. The second-order valence-corrected chi connectivity index (χ2v) is 5.42. The van der Waals surface area contributed by atoms with Crippen LogP contribution in [-0.2, 0) is 13.6 Å². The van der Waals surface area contributed by atoms with Gasteiger partial charge in [-0.05, 0) is 13.8 Å². The molecule has 0 unspecified atom stereocenters. The lowest BCUT2D eigenvalue weighted by atomic mass is 10.4. The summed E-state index contributed by atoms with van der Waals surface area (Å²) in [5.74, 6) is 2.53. The fourth-order valence-corrected chi connectivity index (χ4v) is 2.36. The molecule has 0 bridgehead atoms.